The van der Waals surface area contributed by atoms with Crippen LogP contribution < -0.4 is 5.73 Å². The minimum Gasteiger partial charge on any atom is -0.399 e. The Balaban J connectivity index is 1.80. The third-order valence-corrected chi connectivity index (χ3v) is 4.97. The van der Waals surface area contributed by atoms with Crippen LogP contribution in [0, 0.1) is 5.92 Å². The molecule has 0 saturated carbocycles. The highest BCUT2D eigenvalue weighted by molar-refractivity contribution is 5.98. The molecule has 7 heteroatoms. The summed E-state index contributed by atoms with van der Waals surface area (Å²) < 4.78 is 42.6. The number of fused-ring (bicyclic) bond motifs is 1. The maximum absolute atomic E-state index is 12.9. The maximum Gasteiger partial charge on any atom is 0.392 e. The molecule has 136 valence electrons. The number of imidazole rings is 1. The van der Waals surface area contributed by atoms with E-state index < -0.39 is 12.1 Å². The number of nitrogen functional groups attached to an aromatic ring is 1. The number of aryl methyl sites for hydroxylation is 1. The lowest BCUT2D eigenvalue weighted by molar-refractivity contribution is -0.175. The number of allylic oxidation sites excluding steroid dienone is 2. The van der Waals surface area contributed by atoms with Crippen molar-refractivity contribution >= 4 is 22.3 Å². The smallest absolute Gasteiger partial charge is 0.392 e. The van der Waals surface area contributed by atoms with Crippen LogP contribution in [0.3, 0.4) is 0 Å². The summed E-state index contributed by atoms with van der Waals surface area (Å²) in [5, 5.41) is 0.947. The van der Waals surface area contributed by atoms with Crippen LogP contribution in [0.2, 0.25) is 0 Å². The Morgan fingerprint density at radius 1 is 1.23 bits per heavy atom. The molecule has 4 nitrogen and oxygen atoms in total. The molecule has 1 atom stereocenters. The molecular weight excluding hydrogens is 341 g/mol. The van der Waals surface area contributed by atoms with Crippen LogP contribution in [0.5, 0.6) is 0 Å². The zero-order chi connectivity index (χ0) is 18.5. The minimum absolute atomic E-state index is 0.0202. The lowest BCUT2D eigenvalue weighted by Crippen LogP contribution is -2.24. The van der Waals surface area contributed by atoms with Crippen molar-refractivity contribution in [3.8, 4) is 11.3 Å². The summed E-state index contributed by atoms with van der Waals surface area (Å²) in [7, 11) is 1.89. The molecule has 0 radical (unpaired) electrons. The number of hydrogen-bond donors (Lipinski definition) is 1. The zero-order valence-corrected chi connectivity index (χ0v) is 14.3. The molecule has 1 aliphatic carbocycles. The van der Waals surface area contributed by atoms with Gasteiger partial charge in [-0.05, 0) is 37.5 Å². The monoisotopic (exact) mass is 360 g/mol. The highest BCUT2D eigenvalue weighted by atomic mass is 19.4. The van der Waals surface area contributed by atoms with E-state index in [9.17, 15) is 13.2 Å². The van der Waals surface area contributed by atoms with E-state index in [1.165, 1.54) is 0 Å². The summed E-state index contributed by atoms with van der Waals surface area (Å²) in [6, 6.07) is 5.61. The van der Waals surface area contributed by atoms with Crippen LogP contribution in [0.4, 0.5) is 18.9 Å². The highest BCUT2D eigenvalue weighted by Gasteiger charge is 2.39. The fourth-order valence-corrected chi connectivity index (χ4v) is 3.58. The van der Waals surface area contributed by atoms with E-state index in [1.807, 2.05) is 46.8 Å². The van der Waals surface area contributed by atoms with Gasteiger partial charge in [-0.2, -0.15) is 13.2 Å². The molecule has 0 aliphatic heterocycles. The molecule has 0 bridgehead atoms. The molecule has 2 N–H and O–H groups in total. The molecule has 0 fully saturated rings. The molecule has 3 aromatic rings. The van der Waals surface area contributed by atoms with Crippen LogP contribution in [0.15, 0.2) is 43.0 Å². The Hall–Kier alpha value is -2.70. The van der Waals surface area contributed by atoms with Crippen molar-refractivity contribution in [2.24, 2.45) is 13.0 Å². The number of anilines is 1. The van der Waals surface area contributed by atoms with E-state index in [-0.39, 0.29) is 12.8 Å². The van der Waals surface area contributed by atoms with E-state index in [2.05, 4.69) is 4.98 Å². The second-order valence-corrected chi connectivity index (χ2v) is 6.82. The first-order chi connectivity index (χ1) is 12.3. The van der Waals surface area contributed by atoms with Crippen LogP contribution in [-0.2, 0) is 7.05 Å². The highest BCUT2D eigenvalue weighted by Crippen LogP contribution is 2.40. The van der Waals surface area contributed by atoms with Gasteiger partial charge in [-0.15, -0.1) is 0 Å². The van der Waals surface area contributed by atoms with Crippen LogP contribution in [0.1, 0.15) is 19.3 Å². The number of rotatable bonds is 2. The summed E-state index contributed by atoms with van der Waals surface area (Å²) in [6.07, 6.45) is 3.69. The van der Waals surface area contributed by atoms with E-state index in [4.69, 9.17) is 5.73 Å². The standard InChI is InChI=1S/C19H19F3N4/c1-25-10-17(24-11-25)16-9-26(18-7-4-13(23)8-15(16)18)14-5-2-12(3-6-14)19(20,21)22/h4-5,7-12H,2-3,6,23H2,1H3. The topological polar surface area (TPSA) is 48.8 Å². The average molecular weight is 360 g/mol. The molecule has 1 aliphatic rings. The quantitative estimate of drug-likeness (QED) is 0.666. The van der Waals surface area contributed by atoms with Gasteiger partial charge in [-0.1, -0.05) is 6.08 Å². The molecular formula is C19H19F3N4. The van der Waals surface area contributed by atoms with Gasteiger partial charge in [0, 0.05) is 41.8 Å². The lowest BCUT2D eigenvalue weighted by atomic mass is 9.92. The Morgan fingerprint density at radius 2 is 2.04 bits per heavy atom. The van der Waals surface area contributed by atoms with E-state index in [1.54, 1.807) is 12.4 Å². The maximum atomic E-state index is 12.9. The number of halogens is 3. The predicted octanol–water partition coefficient (Wildman–Crippen LogP) is 4.83. The van der Waals surface area contributed by atoms with Gasteiger partial charge in [-0.3, -0.25) is 0 Å². The Labute approximate surface area is 148 Å². The summed E-state index contributed by atoms with van der Waals surface area (Å²) in [5.74, 6) is -1.25. The molecule has 0 amide bonds. The van der Waals surface area contributed by atoms with Gasteiger partial charge in [0.15, 0.2) is 0 Å². The molecule has 1 aromatic carbocycles. The molecule has 2 heterocycles. The van der Waals surface area contributed by atoms with Crippen molar-refractivity contribution in [1.82, 2.24) is 14.1 Å². The Kier molecular flexibility index (Phi) is 3.82. The van der Waals surface area contributed by atoms with E-state index in [0.29, 0.717) is 12.1 Å². The largest absolute Gasteiger partial charge is 0.399 e. The third kappa shape index (κ3) is 2.87. The fourth-order valence-electron chi connectivity index (χ4n) is 3.58. The molecule has 26 heavy (non-hydrogen) atoms. The second kappa shape index (κ2) is 5.93. The van der Waals surface area contributed by atoms with Crippen LogP contribution >= 0.6 is 0 Å². The van der Waals surface area contributed by atoms with Crippen molar-refractivity contribution < 1.29 is 13.2 Å². The van der Waals surface area contributed by atoms with E-state index in [0.717, 1.165) is 27.9 Å². The summed E-state index contributed by atoms with van der Waals surface area (Å²) in [4.78, 5) is 4.41. The summed E-state index contributed by atoms with van der Waals surface area (Å²) in [6.45, 7) is 0. The second-order valence-electron chi connectivity index (χ2n) is 6.82. The van der Waals surface area contributed by atoms with Gasteiger partial charge in [0.05, 0.1) is 23.5 Å². The van der Waals surface area contributed by atoms with Crippen LogP contribution in [-0.4, -0.2) is 20.3 Å². The first-order valence-electron chi connectivity index (χ1n) is 8.48. The van der Waals surface area contributed by atoms with Gasteiger partial charge in [0.25, 0.3) is 0 Å². The molecule has 2 aromatic heterocycles. The Bertz CT molecular complexity index is 994. The number of hydrogen-bond acceptors (Lipinski definition) is 2. The number of aromatic nitrogens is 3. The number of benzene rings is 1. The van der Waals surface area contributed by atoms with Crippen molar-refractivity contribution in [1.29, 1.82) is 0 Å². The molecule has 0 spiro atoms. The van der Waals surface area contributed by atoms with E-state index >= 15 is 0 Å². The number of nitrogens with two attached hydrogens (primary N) is 1. The van der Waals surface area contributed by atoms with Gasteiger partial charge in [-0.25, -0.2) is 4.98 Å². The fraction of sp³-hybridized carbons (Fsp3) is 0.316. The van der Waals surface area contributed by atoms with Crippen LogP contribution in [0.25, 0.3) is 27.9 Å². The molecule has 4 rings (SSSR count). The Morgan fingerprint density at radius 3 is 2.65 bits per heavy atom. The molecule has 1 unspecified atom stereocenters. The molecule has 0 saturated heterocycles. The first-order valence-corrected chi connectivity index (χ1v) is 8.48. The third-order valence-electron chi connectivity index (χ3n) is 4.97. The summed E-state index contributed by atoms with van der Waals surface area (Å²) >= 11 is 0. The van der Waals surface area contributed by atoms with Crippen molar-refractivity contribution in [3.63, 3.8) is 0 Å². The van der Waals surface area contributed by atoms with Crippen molar-refractivity contribution in [2.75, 3.05) is 5.73 Å². The number of nitrogens with zero attached hydrogens (tertiary/aromatic N) is 3. The van der Waals surface area contributed by atoms with Gasteiger partial charge in [0.1, 0.15) is 0 Å². The average Bonchev–Trinajstić information content (AvgIpc) is 3.17. The zero-order valence-electron chi connectivity index (χ0n) is 14.3. The minimum atomic E-state index is -4.13. The SMILES string of the molecule is Cn1cnc(-c2cn(C3=CCC(C(F)(F)F)CC3)c3ccc(N)cc23)c1. The van der Waals surface area contributed by atoms with Gasteiger partial charge >= 0.3 is 6.18 Å². The van der Waals surface area contributed by atoms with Gasteiger partial charge < -0.3 is 14.9 Å². The first kappa shape index (κ1) is 16.8. The summed E-state index contributed by atoms with van der Waals surface area (Å²) in [5.41, 5.74) is 10.1. The lowest BCUT2D eigenvalue weighted by Gasteiger charge is -2.24. The number of alkyl halides is 3. The van der Waals surface area contributed by atoms with Gasteiger partial charge in [0.2, 0.25) is 0 Å². The normalized spacial score (nSPS) is 18.3. The predicted molar refractivity (Wildman–Crippen MR) is 96.2 cm³/mol. The van der Waals surface area contributed by atoms with Crippen molar-refractivity contribution in [3.05, 3.63) is 43.0 Å². The van der Waals surface area contributed by atoms with Crippen molar-refractivity contribution in [2.45, 2.75) is 25.4 Å².